The van der Waals surface area contributed by atoms with Gasteiger partial charge in [-0.1, -0.05) is 30.3 Å². The zero-order valence-electron chi connectivity index (χ0n) is 11.2. The second-order valence-electron chi connectivity index (χ2n) is 4.77. The van der Waals surface area contributed by atoms with Crippen molar-refractivity contribution in [3.63, 3.8) is 0 Å². The number of carbonyl (C=O) groups is 1. The molecule has 1 aliphatic rings. The molecule has 5 heteroatoms. The fourth-order valence-corrected chi connectivity index (χ4v) is 2.28. The van der Waals surface area contributed by atoms with Crippen molar-refractivity contribution in [1.29, 1.82) is 0 Å². The lowest BCUT2D eigenvalue weighted by Crippen LogP contribution is -2.38. The third-order valence-electron chi connectivity index (χ3n) is 3.33. The van der Waals surface area contributed by atoms with Crippen LogP contribution >= 0.6 is 0 Å². The standard InChI is InChI=1S/C14H22N4O/c15-6-8-17(12-13-4-2-1-3-5-13)10-11-18-9-7-16-14(18)19/h1-5H,6-12,15H2,(H,16,19). The van der Waals surface area contributed by atoms with E-state index in [-0.39, 0.29) is 6.03 Å². The number of carbonyl (C=O) groups excluding carboxylic acids is 1. The maximum Gasteiger partial charge on any atom is 0.317 e. The lowest BCUT2D eigenvalue weighted by molar-refractivity contribution is 0.200. The molecule has 2 rings (SSSR count). The summed E-state index contributed by atoms with van der Waals surface area (Å²) in [6.45, 7) is 5.56. The monoisotopic (exact) mass is 262 g/mol. The van der Waals surface area contributed by atoms with Crippen LogP contribution in [-0.4, -0.2) is 55.1 Å². The summed E-state index contributed by atoms with van der Waals surface area (Å²) in [4.78, 5) is 15.6. The molecule has 0 atom stereocenters. The van der Waals surface area contributed by atoms with Crippen LogP contribution in [0.2, 0.25) is 0 Å². The van der Waals surface area contributed by atoms with E-state index >= 15 is 0 Å². The Kier molecular flexibility index (Phi) is 5.18. The Balaban J connectivity index is 1.83. The highest BCUT2D eigenvalue weighted by Crippen LogP contribution is 2.05. The average Bonchev–Trinajstić information content (AvgIpc) is 2.83. The minimum Gasteiger partial charge on any atom is -0.336 e. The van der Waals surface area contributed by atoms with Gasteiger partial charge in [-0.3, -0.25) is 4.90 Å². The first-order chi connectivity index (χ1) is 9.29. The molecule has 104 valence electrons. The predicted molar refractivity (Wildman–Crippen MR) is 75.7 cm³/mol. The SMILES string of the molecule is NCCN(CCN1CCNC1=O)Cc1ccccc1. The Labute approximate surface area is 114 Å². The van der Waals surface area contributed by atoms with Crippen molar-refractivity contribution >= 4 is 6.03 Å². The van der Waals surface area contributed by atoms with Crippen LogP contribution in [0.25, 0.3) is 0 Å². The van der Waals surface area contributed by atoms with Crippen molar-refractivity contribution in [1.82, 2.24) is 15.1 Å². The predicted octanol–water partition coefficient (Wildman–Crippen LogP) is 0.473. The number of nitrogens with one attached hydrogen (secondary N) is 1. The van der Waals surface area contributed by atoms with Crippen LogP contribution in [0.15, 0.2) is 30.3 Å². The summed E-state index contributed by atoms with van der Waals surface area (Å²) in [5.41, 5.74) is 6.94. The van der Waals surface area contributed by atoms with Gasteiger partial charge in [-0.05, 0) is 5.56 Å². The average molecular weight is 262 g/mol. The van der Waals surface area contributed by atoms with Crippen molar-refractivity contribution in [3.05, 3.63) is 35.9 Å². The van der Waals surface area contributed by atoms with Crippen molar-refractivity contribution in [3.8, 4) is 0 Å². The second kappa shape index (κ2) is 7.11. The molecule has 0 radical (unpaired) electrons. The highest BCUT2D eigenvalue weighted by atomic mass is 16.2. The first-order valence-electron chi connectivity index (χ1n) is 6.78. The van der Waals surface area contributed by atoms with E-state index in [1.165, 1.54) is 5.56 Å². The summed E-state index contributed by atoms with van der Waals surface area (Å²) in [5, 5.41) is 2.82. The maximum absolute atomic E-state index is 11.5. The topological polar surface area (TPSA) is 61.6 Å². The fraction of sp³-hybridized carbons (Fsp3) is 0.500. The van der Waals surface area contributed by atoms with Crippen molar-refractivity contribution in [2.75, 3.05) is 39.3 Å². The molecule has 3 N–H and O–H groups in total. The maximum atomic E-state index is 11.5. The van der Waals surface area contributed by atoms with Gasteiger partial charge < -0.3 is 16.0 Å². The van der Waals surface area contributed by atoms with E-state index in [0.29, 0.717) is 6.54 Å². The summed E-state index contributed by atoms with van der Waals surface area (Å²) in [5.74, 6) is 0. The summed E-state index contributed by atoms with van der Waals surface area (Å²) in [6, 6.07) is 10.4. The van der Waals surface area contributed by atoms with Crippen molar-refractivity contribution < 1.29 is 4.79 Å². The number of benzene rings is 1. The highest BCUT2D eigenvalue weighted by molar-refractivity contribution is 5.76. The van der Waals surface area contributed by atoms with Gasteiger partial charge in [0.05, 0.1) is 0 Å². The van der Waals surface area contributed by atoms with E-state index in [1.54, 1.807) is 0 Å². The lowest BCUT2D eigenvalue weighted by atomic mass is 10.2. The summed E-state index contributed by atoms with van der Waals surface area (Å²) in [6.07, 6.45) is 0. The third kappa shape index (κ3) is 4.22. The van der Waals surface area contributed by atoms with E-state index in [0.717, 1.165) is 39.3 Å². The smallest absolute Gasteiger partial charge is 0.317 e. The Morgan fingerprint density at radius 3 is 2.68 bits per heavy atom. The van der Waals surface area contributed by atoms with Crippen LogP contribution in [0.3, 0.4) is 0 Å². The highest BCUT2D eigenvalue weighted by Gasteiger charge is 2.19. The largest absolute Gasteiger partial charge is 0.336 e. The van der Waals surface area contributed by atoms with E-state index in [2.05, 4.69) is 22.3 Å². The van der Waals surface area contributed by atoms with Crippen molar-refractivity contribution in [2.24, 2.45) is 5.73 Å². The first kappa shape index (κ1) is 13.8. The van der Waals surface area contributed by atoms with Gasteiger partial charge in [-0.25, -0.2) is 4.79 Å². The molecule has 0 saturated carbocycles. The molecule has 0 aromatic heterocycles. The van der Waals surface area contributed by atoms with Gasteiger partial charge in [0.25, 0.3) is 0 Å². The summed E-state index contributed by atoms with van der Waals surface area (Å²) < 4.78 is 0. The molecular weight excluding hydrogens is 240 g/mol. The quantitative estimate of drug-likeness (QED) is 0.751. The van der Waals surface area contributed by atoms with Crippen LogP contribution in [0, 0.1) is 0 Å². The molecule has 0 aliphatic carbocycles. The van der Waals surface area contributed by atoms with E-state index in [9.17, 15) is 4.79 Å². The fourth-order valence-electron chi connectivity index (χ4n) is 2.28. The lowest BCUT2D eigenvalue weighted by Gasteiger charge is -2.24. The normalized spacial score (nSPS) is 15.1. The second-order valence-corrected chi connectivity index (χ2v) is 4.77. The molecule has 1 aliphatic heterocycles. The van der Waals surface area contributed by atoms with E-state index in [1.807, 2.05) is 23.1 Å². The number of rotatable bonds is 7. The molecule has 1 fully saturated rings. The number of nitrogens with zero attached hydrogens (tertiary/aromatic N) is 2. The molecular formula is C14H22N4O. The summed E-state index contributed by atoms with van der Waals surface area (Å²) in [7, 11) is 0. The molecule has 19 heavy (non-hydrogen) atoms. The molecule has 0 unspecified atom stereocenters. The molecule has 1 heterocycles. The minimum absolute atomic E-state index is 0.0485. The first-order valence-corrected chi connectivity index (χ1v) is 6.78. The van der Waals surface area contributed by atoms with Gasteiger partial charge in [0.2, 0.25) is 0 Å². The molecule has 1 aromatic carbocycles. The Bertz CT molecular complexity index is 396. The van der Waals surface area contributed by atoms with E-state index in [4.69, 9.17) is 5.73 Å². The zero-order chi connectivity index (χ0) is 13.5. The molecule has 1 aromatic rings. The van der Waals surface area contributed by atoms with Crippen molar-refractivity contribution in [2.45, 2.75) is 6.54 Å². The van der Waals surface area contributed by atoms with Gasteiger partial charge >= 0.3 is 6.03 Å². The van der Waals surface area contributed by atoms with Crippen LogP contribution in [0.5, 0.6) is 0 Å². The van der Waals surface area contributed by atoms with Crippen LogP contribution < -0.4 is 11.1 Å². The number of urea groups is 1. The van der Waals surface area contributed by atoms with Gasteiger partial charge in [0, 0.05) is 45.8 Å². The molecule has 1 saturated heterocycles. The molecule has 5 nitrogen and oxygen atoms in total. The number of hydrogen-bond donors (Lipinski definition) is 2. The van der Waals surface area contributed by atoms with E-state index < -0.39 is 0 Å². The van der Waals surface area contributed by atoms with Gasteiger partial charge in [0.15, 0.2) is 0 Å². The zero-order valence-corrected chi connectivity index (χ0v) is 11.2. The molecule has 0 spiro atoms. The van der Waals surface area contributed by atoms with Crippen LogP contribution in [0.1, 0.15) is 5.56 Å². The number of amides is 2. The minimum atomic E-state index is 0.0485. The van der Waals surface area contributed by atoms with Gasteiger partial charge in [-0.2, -0.15) is 0 Å². The van der Waals surface area contributed by atoms with Gasteiger partial charge in [0.1, 0.15) is 0 Å². The molecule has 2 amide bonds. The Hall–Kier alpha value is -1.59. The summed E-state index contributed by atoms with van der Waals surface area (Å²) >= 11 is 0. The number of hydrogen-bond acceptors (Lipinski definition) is 3. The third-order valence-corrected chi connectivity index (χ3v) is 3.33. The van der Waals surface area contributed by atoms with Crippen LogP contribution in [0.4, 0.5) is 4.79 Å². The van der Waals surface area contributed by atoms with Crippen LogP contribution in [-0.2, 0) is 6.54 Å². The Morgan fingerprint density at radius 1 is 1.26 bits per heavy atom. The Morgan fingerprint density at radius 2 is 2.05 bits per heavy atom. The molecule has 0 bridgehead atoms. The number of nitrogens with two attached hydrogens (primary N) is 1. The van der Waals surface area contributed by atoms with Gasteiger partial charge in [-0.15, -0.1) is 0 Å².